The predicted molar refractivity (Wildman–Crippen MR) is 103 cm³/mol. The molecule has 1 N–H and O–H groups in total. The van der Waals surface area contributed by atoms with Gasteiger partial charge in [0.1, 0.15) is 0 Å². The number of carbonyl (C=O) groups excluding carboxylic acids is 1. The molecule has 126 valence electrons. The number of amides is 1. The van der Waals surface area contributed by atoms with Crippen LogP contribution in [0, 0.1) is 0 Å². The maximum atomic E-state index is 12.5. The minimum Gasteiger partial charge on any atom is -0.322 e. The largest absolute Gasteiger partial charge is 0.322 e. The highest BCUT2D eigenvalue weighted by Crippen LogP contribution is 2.26. The van der Waals surface area contributed by atoms with Crippen LogP contribution in [0.1, 0.15) is 46.8 Å². The van der Waals surface area contributed by atoms with E-state index < -0.39 is 0 Å². The van der Waals surface area contributed by atoms with Crippen molar-refractivity contribution in [2.45, 2.75) is 32.7 Å². The van der Waals surface area contributed by atoms with Crippen LogP contribution in [-0.2, 0) is 13.0 Å². The van der Waals surface area contributed by atoms with Crippen molar-refractivity contribution >= 4 is 27.5 Å². The molecule has 0 saturated heterocycles. The average molecular weight is 387 g/mol. The summed E-state index contributed by atoms with van der Waals surface area (Å²) in [6.07, 6.45) is 1.07. The van der Waals surface area contributed by atoms with E-state index in [4.69, 9.17) is 0 Å². The van der Waals surface area contributed by atoms with Crippen LogP contribution in [0.3, 0.4) is 0 Å². The van der Waals surface area contributed by atoms with Gasteiger partial charge in [0.15, 0.2) is 0 Å². The third-order valence-electron chi connectivity index (χ3n) is 4.55. The molecule has 0 spiro atoms. The van der Waals surface area contributed by atoms with Gasteiger partial charge in [-0.1, -0.05) is 41.9 Å². The molecule has 0 aliphatic carbocycles. The second-order valence-electron chi connectivity index (χ2n) is 6.82. The summed E-state index contributed by atoms with van der Waals surface area (Å²) in [5.41, 5.74) is 5.43. The second kappa shape index (κ2) is 7.08. The summed E-state index contributed by atoms with van der Waals surface area (Å²) in [5, 5.41) is 3.02. The molecular formula is C20H23BrN2O. The highest BCUT2D eigenvalue weighted by molar-refractivity contribution is 9.10. The number of likely N-dealkylation sites (N-methyl/N-ethyl adjacent to an activating group) is 1. The number of anilines is 1. The van der Waals surface area contributed by atoms with Gasteiger partial charge in [0.25, 0.3) is 5.91 Å². The van der Waals surface area contributed by atoms with Crippen LogP contribution in [0.5, 0.6) is 0 Å². The van der Waals surface area contributed by atoms with Crippen LogP contribution < -0.4 is 5.32 Å². The van der Waals surface area contributed by atoms with Crippen molar-refractivity contribution in [3.63, 3.8) is 0 Å². The molecule has 3 nitrogen and oxygen atoms in total. The molecular weight excluding hydrogens is 364 g/mol. The topological polar surface area (TPSA) is 32.3 Å². The summed E-state index contributed by atoms with van der Waals surface area (Å²) >= 11 is 3.57. The van der Waals surface area contributed by atoms with Crippen LogP contribution in [0.4, 0.5) is 5.69 Å². The zero-order valence-corrected chi connectivity index (χ0v) is 16.0. The maximum absolute atomic E-state index is 12.5. The van der Waals surface area contributed by atoms with Gasteiger partial charge in [0.05, 0.1) is 0 Å². The molecule has 2 aromatic carbocycles. The number of fused-ring (bicyclic) bond motifs is 1. The van der Waals surface area contributed by atoms with E-state index in [1.807, 2.05) is 24.3 Å². The van der Waals surface area contributed by atoms with Crippen molar-refractivity contribution in [3.8, 4) is 0 Å². The Hall–Kier alpha value is -1.65. The number of halogens is 1. The number of nitrogens with one attached hydrogen (secondary N) is 1. The molecule has 1 amide bonds. The molecule has 0 aromatic heterocycles. The van der Waals surface area contributed by atoms with Gasteiger partial charge in [-0.05, 0) is 60.3 Å². The van der Waals surface area contributed by atoms with Crippen molar-refractivity contribution in [2.24, 2.45) is 0 Å². The third kappa shape index (κ3) is 3.70. The fraction of sp³-hybridized carbons (Fsp3) is 0.350. The van der Waals surface area contributed by atoms with Gasteiger partial charge in [-0.3, -0.25) is 4.79 Å². The number of nitrogens with zero attached hydrogens (tertiary/aromatic N) is 1. The zero-order valence-electron chi connectivity index (χ0n) is 14.4. The van der Waals surface area contributed by atoms with E-state index in [1.165, 1.54) is 16.7 Å². The lowest BCUT2D eigenvalue weighted by Gasteiger charge is -2.25. The molecule has 4 heteroatoms. The van der Waals surface area contributed by atoms with E-state index >= 15 is 0 Å². The first-order valence-corrected chi connectivity index (χ1v) is 9.14. The quantitative estimate of drug-likeness (QED) is 0.820. The van der Waals surface area contributed by atoms with Crippen LogP contribution in [0.25, 0.3) is 0 Å². The first-order valence-electron chi connectivity index (χ1n) is 8.35. The molecule has 24 heavy (non-hydrogen) atoms. The van der Waals surface area contributed by atoms with Gasteiger partial charge in [-0.2, -0.15) is 0 Å². The molecule has 0 unspecified atom stereocenters. The Kier molecular flexibility index (Phi) is 5.07. The van der Waals surface area contributed by atoms with Gasteiger partial charge < -0.3 is 10.2 Å². The van der Waals surface area contributed by atoms with E-state index in [2.05, 4.69) is 59.2 Å². The molecule has 0 saturated carbocycles. The summed E-state index contributed by atoms with van der Waals surface area (Å²) in [7, 11) is 2.13. The fourth-order valence-electron chi connectivity index (χ4n) is 3.12. The molecule has 0 fully saturated rings. The van der Waals surface area contributed by atoms with Crippen LogP contribution in [0.2, 0.25) is 0 Å². The van der Waals surface area contributed by atoms with Crippen molar-refractivity contribution in [3.05, 3.63) is 63.1 Å². The Morgan fingerprint density at radius 2 is 1.96 bits per heavy atom. The average Bonchev–Trinajstić information content (AvgIpc) is 2.54. The first kappa shape index (κ1) is 17.2. The Labute approximate surface area is 152 Å². The maximum Gasteiger partial charge on any atom is 0.255 e. The standard InChI is InChI=1S/C20H23BrN2O/c1-13(2)18-7-5-15(11-19(18)21)20(24)22-17-6-4-14-8-9-23(3)12-16(14)10-17/h4-7,10-11,13H,8-9,12H2,1-3H3,(H,22,24). The molecule has 0 atom stereocenters. The lowest BCUT2D eigenvalue weighted by molar-refractivity contribution is 0.102. The first-order chi connectivity index (χ1) is 11.4. The van der Waals surface area contributed by atoms with Crippen LogP contribution in [0.15, 0.2) is 40.9 Å². The Bertz CT molecular complexity index is 770. The number of hydrogen-bond donors (Lipinski definition) is 1. The normalized spacial score (nSPS) is 14.5. The van der Waals surface area contributed by atoms with E-state index in [0.717, 1.165) is 29.7 Å². The Morgan fingerprint density at radius 1 is 1.17 bits per heavy atom. The fourth-order valence-corrected chi connectivity index (χ4v) is 3.95. The summed E-state index contributed by atoms with van der Waals surface area (Å²) in [4.78, 5) is 14.8. The number of rotatable bonds is 3. The number of carbonyl (C=O) groups is 1. The van der Waals surface area contributed by atoms with Gasteiger partial charge in [-0.15, -0.1) is 0 Å². The Balaban J connectivity index is 1.78. The highest BCUT2D eigenvalue weighted by Gasteiger charge is 2.15. The minimum atomic E-state index is -0.0740. The summed E-state index contributed by atoms with van der Waals surface area (Å²) < 4.78 is 0.984. The summed E-state index contributed by atoms with van der Waals surface area (Å²) in [6.45, 7) is 6.32. The lowest BCUT2D eigenvalue weighted by atomic mass is 9.99. The second-order valence-corrected chi connectivity index (χ2v) is 7.67. The van der Waals surface area contributed by atoms with E-state index in [-0.39, 0.29) is 5.91 Å². The lowest BCUT2D eigenvalue weighted by Crippen LogP contribution is -2.26. The van der Waals surface area contributed by atoms with Crippen LogP contribution in [-0.4, -0.2) is 24.4 Å². The van der Waals surface area contributed by atoms with E-state index in [1.54, 1.807) is 0 Å². The molecule has 0 bridgehead atoms. The van der Waals surface area contributed by atoms with E-state index in [9.17, 15) is 4.79 Å². The third-order valence-corrected chi connectivity index (χ3v) is 5.24. The SMILES string of the molecule is CC(C)c1ccc(C(=O)Nc2ccc3c(c2)CN(C)CC3)cc1Br. The van der Waals surface area contributed by atoms with E-state index in [0.29, 0.717) is 11.5 Å². The zero-order chi connectivity index (χ0) is 17.3. The molecule has 1 aliphatic heterocycles. The smallest absolute Gasteiger partial charge is 0.255 e. The van der Waals surface area contributed by atoms with Crippen molar-refractivity contribution in [2.75, 3.05) is 18.9 Å². The molecule has 1 heterocycles. The van der Waals surface area contributed by atoms with Crippen molar-refractivity contribution < 1.29 is 4.79 Å². The molecule has 2 aromatic rings. The summed E-state index contributed by atoms with van der Waals surface area (Å²) in [5.74, 6) is 0.351. The summed E-state index contributed by atoms with van der Waals surface area (Å²) in [6, 6.07) is 12.0. The minimum absolute atomic E-state index is 0.0740. The molecule has 1 aliphatic rings. The predicted octanol–water partition coefficient (Wildman–Crippen LogP) is 4.81. The van der Waals surface area contributed by atoms with Gasteiger partial charge in [0, 0.05) is 28.8 Å². The highest BCUT2D eigenvalue weighted by atomic mass is 79.9. The van der Waals surface area contributed by atoms with Crippen LogP contribution >= 0.6 is 15.9 Å². The van der Waals surface area contributed by atoms with Gasteiger partial charge in [0.2, 0.25) is 0 Å². The monoisotopic (exact) mass is 386 g/mol. The number of hydrogen-bond acceptors (Lipinski definition) is 2. The van der Waals surface area contributed by atoms with Crippen molar-refractivity contribution in [1.82, 2.24) is 4.90 Å². The Morgan fingerprint density at radius 3 is 2.67 bits per heavy atom. The van der Waals surface area contributed by atoms with Crippen molar-refractivity contribution in [1.29, 1.82) is 0 Å². The molecule has 0 radical (unpaired) electrons. The molecule has 3 rings (SSSR count). The van der Waals surface area contributed by atoms with Gasteiger partial charge >= 0.3 is 0 Å². The number of benzene rings is 2. The van der Waals surface area contributed by atoms with Gasteiger partial charge in [-0.25, -0.2) is 0 Å².